The largest absolute Gasteiger partial charge is 0.352 e. The quantitative estimate of drug-likeness (QED) is 0.469. The third kappa shape index (κ3) is 5.71. The molecule has 1 heterocycles. The summed E-state index contributed by atoms with van der Waals surface area (Å²) in [5.41, 5.74) is 1.59. The Morgan fingerprint density at radius 1 is 1.38 bits per heavy atom. The van der Waals surface area contributed by atoms with Gasteiger partial charge in [-0.3, -0.25) is 19.6 Å². The van der Waals surface area contributed by atoms with Crippen LogP contribution in [0.1, 0.15) is 46.0 Å². The smallest absolute Gasteiger partial charge is 0.244 e. The van der Waals surface area contributed by atoms with Crippen LogP contribution in [0.5, 0.6) is 0 Å². The number of hydrogen-bond acceptors (Lipinski definition) is 4. The van der Waals surface area contributed by atoms with Crippen LogP contribution in [0.4, 0.5) is 0 Å². The Bertz CT molecular complexity index is 386. The van der Waals surface area contributed by atoms with E-state index in [1.54, 1.807) is 10.4 Å². The molecule has 3 N–H and O–H groups in total. The van der Waals surface area contributed by atoms with Gasteiger partial charge in [0.1, 0.15) is 0 Å². The summed E-state index contributed by atoms with van der Waals surface area (Å²) < 4.78 is 0. The maximum absolute atomic E-state index is 12.5. The molecule has 3 amide bonds. The lowest BCUT2D eigenvalue weighted by Crippen LogP contribution is -2.40. The van der Waals surface area contributed by atoms with E-state index in [0.29, 0.717) is 19.5 Å². The summed E-state index contributed by atoms with van der Waals surface area (Å²) in [4.78, 5) is 36.6. The molecule has 0 bridgehead atoms. The molecule has 7 nitrogen and oxygen atoms in total. The predicted octanol–water partition coefficient (Wildman–Crippen LogP) is 0.425. The second kappa shape index (κ2) is 8.61. The van der Waals surface area contributed by atoms with Gasteiger partial charge in [0.15, 0.2) is 0 Å². The molecular formula is C14H25N3O4. The van der Waals surface area contributed by atoms with Crippen molar-refractivity contribution in [1.82, 2.24) is 15.7 Å². The fourth-order valence-electron chi connectivity index (χ4n) is 2.66. The molecule has 21 heavy (non-hydrogen) atoms. The number of unbranched alkanes of at least 4 members (excludes halogenated alkanes) is 1. The van der Waals surface area contributed by atoms with Crippen LogP contribution in [-0.4, -0.2) is 47.0 Å². The zero-order valence-corrected chi connectivity index (χ0v) is 12.7. The van der Waals surface area contributed by atoms with Crippen LogP contribution in [-0.2, 0) is 14.4 Å². The van der Waals surface area contributed by atoms with Gasteiger partial charge in [-0.25, -0.2) is 5.48 Å². The molecule has 1 fully saturated rings. The lowest BCUT2D eigenvalue weighted by atomic mass is 9.96. The van der Waals surface area contributed by atoms with E-state index in [9.17, 15) is 14.4 Å². The van der Waals surface area contributed by atoms with Crippen LogP contribution >= 0.6 is 0 Å². The Morgan fingerprint density at radius 3 is 2.67 bits per heavy atom. The zero-order chi connectivity index (χ0) is 15.8. The average Bonchev–Trinajstić information content (AvgIpc) is 2.89. The molecular weight excluding hydrogens is 274 g/mol. The maximum Gasteiger partial charge on any atom is 0.244 e. The van der Waals surface area contributed by atoms with Crippen molar-refractivity contribution in [2.75, 3.05) is 13.1 Å². The monoisotopic (exact) mass is 299 g/mol. The van der Waals surface area contributed by atoms with Crippen molar-refractivity contribution in [3.63, 3.8) is 0 Å². The first-order valence-electron chi connectivity index (χ1n) is 7.46. The van der Waals surface area contributed by atoms with Crippen molar-refractivity contribution in [3.8, 4) is 0 Å². The summed E-state index contributed by atoms with van der Waals surface area (Å²) in [5.74, 6) is -1.12. The number of carbonyl (C=O) groups excluding carboxylic acids is 3. The fraction of sp³-hybridized carbons (Fsp3) is 0.786. The molecule has 1 rings (SSSR count). The maximum atomic E-state index is 12.5. The highest BCUT2D eigenvalue weighted by Gasteiger charge is 2.31. The molecule has 0 radical (unpaired) electrons. The van der Waals surface area contributed by atoms with E-state index in [2.05, 4.69) is 5.32 Å². The topological polar surface area (TPSA) is 98.7 Å². The highest BCUT2D eigenvalue weighted by molar-refractivity contribution is 5.85. The third-order valence-electron chi connectivity index (χ3n) is 3.72. The van der Waals surface area contributed by atoms with Gasteiger partial charge in [-0.15, -0.1) is 0 Å². The molecule has 0 saturated carbocycles. The van der Waals surface area contributed by atoms with Gasteiger partial charge >= 0.3 is 0 Å². The summed E-state index contributed by atoms with van der Waals surface area (Å²) >= 11 is 0. The number of hydrogen-bond donors (Lipinski definition) is 3. The number of amides is 3. The number of nitrogens with zero attached hydrogens (tertiary/aromatic N) is 1. The van der Waals surface area contributed by atoms with Crippen LogP contribution in [0, 0.1) is 5.92 Å². The molecule has 1 aliphatic heterocycles. The van der Waals surface area contributed by atoms with Crippen LogP contribution in [0.15, 0.2) is 0 Å². The van der Waals surface area contributed by atoms with E-state index in [0.717, 1.165) is 19.3 Å². The van der Waals surface area contributed by atoms with Gasteiger partial charge in [-0.2, -0.15) is 0 Å². The number of carbonyl (C=O) groups is 3. The first-order chi connectivity index (χ1) is 9.97. The van der Waals surface area contributed by atoms with Gasteiger partial charge in [-0.05, 0) is 12.8 Å². The summed E-state index contributed by atoms with van der Waals surface area (Å²) in [6.45, 7) is 4.56. The Morgan fingerprint density at radius 2 is 2.10 bits per heavy atom. The van der Waals surface area contributed by atoms with Gasteiger partial charge < -0.3 is 10.2 Å². The van der Waals surface area contributed by atoms with Gasteiger partial charge in [0.05, 0.1) is 0 Å². The lowest BCUT2D eigenvalue weighted by molar-refractivity contribution is -0.140. The number of hydroxylamine groups is 1. The first kappa shape index (κ1) is 17.4. The molecule has 120 valence electrons. The minimum atomic E-state index is -0.540. The molecule has 0 unspecified atom stereocenters. The number of rotatable bonds is 7. The Kier molecular flexibility index (Phi) is 7.14. The minimum Gasteiger partial charge on any atom is -0.352 e. The second-order valence-corrected chi connectivity index (χ2v) is 5.55. The molecule has 0 aromatic rings. The highest BCUT2D eigenvalue weighted by atomic mass is 16.5. The summed E-state index contributed by atoms with van der Waals surface area (Å²) in [7, 11) is 0. The van der Waals surface area contributed by atoms with Crippen molar-refractivity contribution < 1.29 is 19.6 Å². The Labute approximate surface area is 125 Å². The number of nitrogens with one attached hydrogen (secondary N) is 2. The minimum absolute atomic E-state index is 0.00334. The molecule has 0 spiro atoms. The van der Waals surface area contributed by atoms with Crippen LogP contribution in [0.3, 0.4) is 0 Å². The Balaban J connectivity index is 2.58. The van der Waals surface area contributed by atoms with Crippen LogP contribution in [0.25, 0.3) is 0 Å². The molecule has 1 saturated heterocycles. The third-order valence-corrected chi connectivity index (χ3v) is 3.72. The normalized spacial score (nSPS) is 19.2. The van der Waals surface area contributed by atoms with Crippen molar-refractivity contribution >= 4 is 17.7 Å². The van der Waals surface area contributed by atoms with Gasteiger partial charge in [-0.1, -0.05) is 19.8 Å². The molecule has 1 aliphatic rings. The molecule has 0 aromatic carbocycles. The van der Waals surface area contributed by atoms with Crippen molar-refractivity contribution in [1.29, 1.82) is 0 Å². The van der Waals surface area contributed by atoms with Crippen LogP contribution < -0.4 is 10.8 Å². The predicted molar refractivity (Wildman–Crippen MR) is 76.4 cm³/mol. The first-order valence-corrected chi connectivity index (χ1v) is 7.46. The van der Waals surface area contributed by atoms with E-state index in [4.69, 9.17) is 5.21 Å². The van der Waals surface area contributed by atoms with E-state index < -0.39 is 11.8 Å². The van der Waals surface area contributed by atoms with E-state index >= 15 is 0 Å². The van der Waals surface area contributed by atoms with Crippen molar-refractivity contribution in [2.45, 2.75) is 52.0 Å². The molecule has 7 heteroatoms. The number of likely N-dealkylation sites (tertiary alicyclic amines) is 1. The van der Waals surface area contributed by atoms with E-state index in [-0.39, 0.29) is 24.3 Å². The van der Waals surface area contributed by atoms with E-state index in [1.165, 1.54) is 6.92 Å². The van der Waals surface area contributed by atoms with Crippen molar-refractivity contribution in [3.05, 3.63) is 0 Å². The lowest BCUT2D eigenvalue weighted by Gasteiger charge is -2.23. The van der Waals surface area contributed by atoms with Gasteiger partial charge in [0.2, 0.25) is 17.7 Å². The van der Waals surface area contributed by atoms with Crippen LogP contribution in [0.2, 0.25) is 0 Å². The fourth-order valence-corrected chi connectivity index (χ4v) is 2.66. The summed E-state index contributed by atoms with van der Waals surface area (Å²) in [6, 6.07) is -0.00931. The summed E-state index contributed by atoms with van der Waals surface area (Å²) in [6.07, 6.45) is 3.16. The average molecular weight is 299 g/mol. The Hall–Kier alpha value is -1.63. The standard InChI is InChI=1S/C14H25N3O4/c1-3-4-5-11(8-13(19)16-21)14(20)17-7-6-12(9-17)15-10(2)18/h11-12,21H,3-9H2,1-2H3,(H,15,18)(H,16,19)/t11-,12+/m1/s1. The summed E-state index contributed by atoms with van der Waals surface area (Å²) in [5, 5.41) is 11.4. The van der Waals surface area contributed by atoms with Crippen molar-refractivity contribution in [2.24, 2.45) is 5.92 Å². The molecule has 0 aliphatic carbocycles. The van der Waals surface area contributed by atoms with Gasteiger partial charge in [0, 0.05) is 38.4 Å². The van der Waals surface area contributed by atoms with E-state index in [1.807, 2.05) is 6.92 Å². The zero-order valence-electron chi connectivity index (χ0n) is 12.7. The highest BCUT2D eigenvalue weighted by Crippen LogP contribution is 2.20. The SMILES string of the molecule is CCCC[C@H](CC(=O)NO)C(=O)N1CC[C@H](NC(C)=O)C1. The molecule has 2 atom stereocenters. The second-order valence-electron chi connectivity index (χ2n) is 5.55. The van der Waals surface area contributed by atoms with Gasteiger partial charge in [0.25, 0.3) is 0 Å². The molecule has 0 aromatic heterocycles.